The Balaban J connectivity index is 0.854. The number of imide groups is 2. The molecule has 0 saturated carbocycles. The molecule has 0 bridgehead atoms. The van der Waals surface area contributed by atoms with Crippen LogP contribution in [-0.2, 0) is 23.2 Å². The molecular formula is C42H45FN10O5. The second kappa shape index (κ2) is 16.0. The van der Waals surface area contributed by atoms with E-state index in [0.29, 0.717) is 46.2 Å². The van der Waals surface area contributed by atoms with Crippen molar-refractivity contribution in [3.05, 3.63) is 88.6 Å². The summed E-state index contributed by atoms with van der Waals surface area (Å²) in [6, 6.07) is 14.6. The summed E-state index contributed by atoms with van der Waals surface area (Å²) < 4.78 is 21.6. The highest BCUT2D eigenvalue weighted by atomic mass is 19.1. The predicted octanol–water partition coefficient (Wildman–Crippen LogP) is 3.65. The molecule has 2 atom stereocenters. The highest BCUT2D eigenvalue weighted by Crippen LogP contribution is 2.35. The van der Waals surface area contributed by atoms with Crippen LogP contribution in [0.15, 0.2) is 54.7 Å². The van der Waals surface area contributed by atoms with E-state index in [-0.39, 0.29) is 30.0 Å². The number of halogens is 1. The average molecular weight is 789 g/mol. The second-order valence-electron chi connectivity index (χ2n) is 15.5. The van der Waals surface area contributed by atoms with Crippen LogP contribution in [0.4, 0.5) is 15.9 Å². The van der Waals surface area contributed by atoms with Crippen molar-refractivity contribution in [1.29, 1.82) is 5.26 Å². The lowest BCUT2D eigenvalue weighted by Gasteiger charge is -2.39. The number of anilines is 2. The first-order valence-electron chi connectivity index (χ1n) is 19.7. The molecule has 15 nitrogen and oxygen atoms in total. The molecule has 0 aliphatic carbocycles. The normalized spacial score (nSPS) is 19.9. The van der Waals surface area contributed by atoms with E-state index in [2.05, 4.69) is 31.1 Å². The number of hydrogen-bond donors (Lipinski definition) is 2. The molecule has 4 aromatic rings. The fourth-order valence-corrected chi connectivity index (χ4v) is 8.56. The molecule has 300 valence electrons. The van der Waals surface area contributed by atoms with Crippen LogP contribution in [0.25, 0.3) is 11.1 Å². The smallest absolute Gasteiger partial charge is 0.262 e. The molecule has 4 aliphatic rings. The molecule has 4 amide bonds. The number of amides is 4. The van der Waals surface area contributed by atoms with Gasteiger partial charge in [0.2, 0.25) is 11.8 Å². The van der Waals surface area contributed by atoms with E-state index < -0.39 is 35.8 Å². The number of rotatable bonds is 10. The monoisotopic (exact) mass is 788 g/mol. The topological polar surface area (TPSA) is 183 Å². The van der Waals surface area contributed by atoms with Crippen LogP contribution in [0, 0.1) is 23.1 Å². The molecule has 2 aromatic carbocycles. The van der Waals surface area contributed by atoms with Crippen molar-refractivity contribution in [2.24, 2.45) is 13.0 Å². The Morgan fingerprint density at radius 3 is 2.43 bits per heavy atom. The van der Waals surface area contributed by atoms with Crippen molar-refractivity contribution in [2.75, 3.05) is 56.4 Å². The Morgan fingerprint density at radius 2 is 1.71 bits per heavy atom. The van der Waals surface area contributed by atoms with Gasteiger partial charge in [-0.1, -0.05) is 12.1 Å². The van der Waals surface area contributed by atoms with Gasteiger partial charge in [0.05, 0.1) is 16.8 Å². The number of fused-ring (bicyclic) bond motifs is 1. The van der Waals surface area contributed by atoms with Crippen LogP contribution < -0.4 is 20.7 Å². The Kier molecular flexibility index (Phi) is 10.7. The van der Waals surface area contributed by atoms with E-state index in [4.69, 9.17) is 15.6 Å². The maximum Gasteiger partial charge on any atom is 0.262 e. The zero-order valence-electron chi connectivity index (χ0n) is 32.5. The van der Waals surface area contributed by atoms with Crippen LogP contribution in [-0.4, -0.2) is 105 Å². The number of aromatic nitrogens is 3. The second-order valence-corrected chi connectivity index (χ2v) is 15.5. The zero-order chi connectivity index (χ0) is 40.7. The molecule has 8 rings (SSSR count). The van der Waals surface area contributed by atoms with Crippen LogP contribution >= 0.6 is 0 Å². The van der Waals surface area contributed by atoms with Gasteiger partial charge in [0, 0.05) is 88.8 Å². The number of nitrogens with zero attached hydrogens (tertiary/aromatic N) is 8. The third kappa shape index (κ3) is 7.62. The molecule has 0 spiro atoms. The summed E-state index contributed by atoms with van der Waals surface area (Å²) in [6.45, 7) is 8.48. The summed E-state index contributed by atoms with van der Waals surface area (Å²) in [7, 11) is 1.76. The maximum atomic E-state index is 13.9. The summed E-state index contributed by atoms with van der Waals surface area (Å²) in [5, 5.41) is 17.1. The molecule has 0 radical (unpaired) electrons. The van der Waals surface area contributed by atoms with E-state index in [9.17, 15) is 28.8 Å². The largest absolute Gasteiger partial charge is 0.482 e. The van der Waals surface area contributed by atoms with Gasteiger partial charge in [-0.25, -0.2) is 9.37 Å². The summed E-state index contributed by atoms with van der Waals surface area (Å²) in [5.74, 6) is -1.32. The lowest BCUT2D eigenvalue weighted by atomic mass is 9.95. The van der Waals surface area contributed by atoms with Crippen LogP contribution in [0.1, 0.15) is 76.4 Å². The van der Waals surface area contributed by atoms with Crippen molar-refractivity contribution < 1.29 is 28.3 Å². The molecule has 16 heteroatoms. The third-order valence-electron chi connectivity index (χ3n) is 11.8. The molecule has 1 unspecified atom stereocenters. The van der Waals surface area contributed by atoms with E-state index in [1.54, 1.807) is 48.3 Å². The van der Waals surface area contributed by atoms with Gasteiger partial charge in [0.15, 0.2) is 11.6 Å². The number of nitrogens with one attached hydrogen (secondary N) is 1. The number of carbonyl (C=O) groups excluding carboxylic acids is 4. The standard InChI is InChI=1S/C42H45FN10O5/c1-25(27-4-3-5-29(43)18-27)58-36-19-28(22-46-39(36)45)38-33(48-49(2)35(38)21-44)24-51-16-14-50(15-17-51)23-26-10-12-52(13-11-26)30-6-7-31-32(20-30)42(57)53(41(31)56)34-8-9-37(54)47-40(34)55/h3-7,18-20,22,25-26,34H,8-17,23-24H2,1-2H3,(H2,45,46)(H,47,54,55)/t25-,34?/m1/s1. The number of ether oxygens (including phenoxy) is 1. The van der Waals surface area contributed by atoms with Gasteiger partial charge in [-0.15, -0.1) is 0 Å². The molecule has 3 saturated heterocycles. The fraction of sp³-hybridized carbons (Fsp3) is 0.405. The van der Waals surface area contributed by atoms with Gasteiger partial charge in [0.1, 0.15) is 29.7 Å². The molecule has 3 N–H and O–H groups in total. The number of carbonyl (C=O) groups is 4. The van der Waals surface area contributed by atoms with E-state index in [1.807, 2.05) is 13.0 Å². The van der Waals surface area contributed by atoms with Gasteiger partial charge in [-0.2, -0.15) is 10.4 Å². The van der Waals surface area contributed by atoms with E-state index in [0.717, 1.165) is 74.9 Å². The minimum Gasteiger partial charge on any atom is -0.482 e. The number of hydrogen-bond acceptors (Lipinski definition) is 12. The van der Waals surface area contributed by atoms with Gasteiger partial charge >= 0.3 is 0 Å². The number of nitrogens with two attached hydrogens (primary N) is 1. The number of nitrogen functional groups attached to an aromatic ring is 1. The first kappa shape index (κ1) is 38.7. The Bertz CT molecular complexity index is 2320. The number of aryl methyl sites for hydroxylation is 1. The minimum absolute atomic E-state index is 0.0823. The SMILES string of the molecule is C[C@@H](Oc1cc(-c2c(CN3CCN(CC4CCN(c5ccc6c(c5)C(=O)N(C5CCC(=O)NC5=O)C6=O)CC4)CC3)nn(C)c2C#N)cnc1N)c1cccc(F)c1. The number of nitriles is 1. The maximum absolute atomic E-state index is 13.9. The molecule has 58 heavy (non-hydrogen) atoms. The third-order valence-corrected chi connectivity index (χ3v) is 11.8. The molecule has 6 heterocycles. The van der Waals surface area contributed by atoms with Gasteiger partial charge in [-0.05, 0) is 74.1 Å². The Morgan fingerprint density at radius 1 is 0.966 bits per heavy atom. The fourth-order valence-electron chi connectivity index (χ4n) is 8.56. The summed E-state index contributed by atoms with van der Waals surface area (Å²) in [5.41, 5.74) is 10.8. The van der Waals surface area contributed by atoms with Crippen LogP contribution in [0.2, 0.25) is 0 Å². The zero-order valence-corrected chi connectivity index (χ0v) is 32.5. The van der Waals surface area contributed by atoms with Crippen molar-refractivity contribution >= 4 is 35.1 Å². The van der Waals surface area contributed by atoms with Gasteiger partial charge < -0.3 is 20.3 Å². The Labute approximate surface area is 335 Å². The number of piperidine rings is 2. The number of benzene rings is 2. The highest BCUT2D eigenvalue weighted by molar-refractivity contribution is 6.23. The van der Waals surface area contributed by atoms with E-state index >= 15 is 0 Å². The van der Waals surface area contributed by atoms with Gasteiger partial charge in [-0.3, -0.25) is 39.0 Å². The molecule has 3 fully saturated rings. The summed E-state index contributed by atoms with van der Waals surface area (Å²) >= 11 is 0. The average Bonchev–Trinajstić information content (AvgIpc) is 3.66. The summed E-state index contributed by atoms with van der Waals surface area (Å²) in [6.07, 6.45) is 3.32. The van der Waals surface area contributed by atoms with Crippen molar-refractivity contribution in [3.8, 4) is 22.9 Å². The number of piperazine rings is 1. The quantitative estimate of drug-likeness (QED) is 0.223. The van der Waals surface area contributed by atoms with Crippen LogP contribution in [0.3, 0.4) is 0 Å². The summed E-state index contributed by atoms with van der Waals surface area (Å²) in [4.78, 5) is 63.1. The number of pyridine rings is 1. The van der Waals surface area contributed by atoms with Crippen LogP contribution in [0.5, 0.6) is 5.75 Å². The Hall–Kier alpha value is -6.18. The lowest BCUT2D eigenvalue weighted by molar-refractivity contribution is -0.136. The van der Waals surface area contributed by atoms with Crippen molar-refractivity contribution in [3.63, 3.8) is 0 Å². The van der Waals surface area contributed by atoms with Gasteiger partial charge in [0.25, 0.3) is 11.8 Å². The first-order chi connectivity index (χ1) is 28.0. The van der Waals surface area contributed by atoms with E-state index in [1.165, 1.54) is 12.1 Å². The first-order valence-corrected chi connectivity index (χ1v) is 19.7. The predicted molar refractivity (Wildman–Crippen MR) is 211 cm³/mol. The van der Waals surface area contributed by atoms with Crippen molar-refractivity contribution in [2.45, 2.75) is 51.3 Å². The van der Waals surface area contributed by atoms with Crippen molar-refractivity contribution in [1.82, 2.24) is 34.8 Å². The molecular weight excluding hydrogens is 744 g/mol. The molecule has 2 aromatic heterocycles. The highest BCUT2D eigenvalue weighted by Gasteiger charge is 2.45. The minimum atomic E-state index is -0.985. The molecule has 4 aliphatic heterocycles. The lowest BCUT2D eigenvalue weighted by Crippen LogP contribution is -2.54.